The summed E-state index contributed by atoms with van der Waals surface area (Å²) in [5.74, 6) is 0. The third-order valence-corrected chi connectivity index (χ3v) is 5.18. The Morgan fingerprint density at radius 2 is 1.69 bits per heavy atom. The quantitative estimate of drug-likeness (QED) is 0.672. The zero-order valence-electron chi connectivity index (χ0n) is 8.72. The number of benzene rings is 1. The molecule has 3 heteroatoms. The molecule has 0 aliphatic carbocycles. The average molecular weight is 208 g/mol. The molecule has 0 spiro atoms. The Hall–Kier alpha value is -0.386. The smallest absolute Gasteiger partial charge is 0.217 e. The second kappa shape index (κ2) is 4.74. The standard InChI is InChI=1S/C10H16OSi.Si/c1-9-7-5-6-8-10(9)12(3,4)11-2;/h5-8H,1-4H3;. The molecule has 1 rings (SSSR count). The molecule has 0 aliphatic rings. The van der Waals surface area contributed by atoms with Crippen molar-refractivity contribution in [3.63, 3.8) is 0 Å². The average Bonchev–Trinajstić information content (AvgIpc) is 2.05. The molecule has 0 fully saturated rings. The van der Waals surface area contributed by atoms with Crippen LogP contribution >= 0.6 is 0 Å². The summed E-state index contributed by atoms with van der Waals surface area (Å²) in [4.78, 5) is 0. The monoisotopic (exact) mass is 208 g/mol. The topological polar surface area (TPSA) is 9.23 Å². The van der Waals surface area contributed by atoms with Crippen molar-refractivity contribution in [1.82, 2.24) is 0 Å². The van der Waals surface area contributed by atoms with Crippen LogP contribution in [0.4, 0.5) is 0 Å². The molecule has 0 atom stereocenters. The van der Waals surface area contributed by atoms with Crippen molar-refractivity contribution in [2.45, 2.75) is 20.0 Å². The summed E-state index contributed by atoms with van der Waals surface area (Å²) in [7, 11) is 0.206. The lowest BCUT2D eigenvalue weighted by atomic mass is 10.2. The SMILES string of the molecule is CO[Si](C)(C)c1ccccc1C.[Si]. The van der Waals surface area contributed by atoms with Crippen molar-refractivity contribution in [3.8, 4) is 0 Å². The maximum Gasteiger partial charge on any atom is 0.217 e. The van der Waals surface area contributed by atoms with Crippen molar-refractivity contribution in [1.29, 1.82) is 0 Å². The van der Waals surface area contributed by atoms with Crippen molar-refractivity contribution in [3.05, 3.63) is 29.8 Å². The molecule has 13 heavy (non-hydrogen) atoms. The van der Waals surface area contributed by atoms with E-state index in [1.165, 1.54) is 10.8 Å². The third-order valence-electron chi connectivity index (χ3n) is 2.30. The first-order valence-electron chi connectivity index (χ1n) is 4.19. The molecule has 0 saturated carbocycles. The van der Waals surface area contributed by atoms with Gasteiger partial charge in [-0.3, -0.25) is 0 Å². The van der Waals surface area contributed by atoms with Gasteiger partial charge in [0.05, 0.1) is 0 Å². The van der Waals surface area contributed by atoms with E-state index in [1.807, 2.05) is 0 Å². The molecular formula is C10H16OSi2. The molecule has 0 amide bonds. The van der Waals surface area contributed by atoms with Crippen LogP contribution in [0.5, 0.6) is 0 Å². The second-order valence-electron chi connectivity index (χ2n) is 3.53. The predicted molar refractivity (Wildman–Crippen MR) is 61.1 cm³/mol. The van der Waals surface area contributed by atoms with Gasteiger partial charge in [-0.1, -0.05) is 24.3 Å². The van der Waals surface area contributed by atoms with Crippen LogP contribution in [0.2, 0.25) is 13.1 Å². The van der Waals surface area contributed by atoms with E-state index in [0.29, 0.717) is 0 Å². The first kappa shape index (κ1) is 12.6. The minimum atomic E-state index is -1.60. The lowest BCUT2D eigenvalue weighted by molar-refractivity contribution is 0.416. The molecular weight excluding hydrogens is 192 g/mol. The molecule has 70 valence electrons. The number of hydrogen-bond acceptors (Lipinski definition) is 1. The Bertz CT molecular complexity index is 271. The molecule has 0 unspecified atom stereocenters. The number of rotatable bonds is 2. The Morgan fingerprint density at radius 1 is 1.15 bits per heavy atom. The summed E-state index contributed by atoms with van der Waals surface area (Å²) < 4.78 is 5.54. The fourth-order valence-electron chi connectivity index (χ4n) is 1.36. The number of aryl methyl sites for hydroxylation is 1. The summed E-state index contributed by atoms with van der Waals surface area (Å²) >= 11 is 0. The Morgan fingerprint density at radius 3 is 2.15 bits per heavy atom. The van der Waals surface area contributed by atoms with Crippen molar-refractivity contribution >= 4 is 24.5 Å². The lowest BCUT2D eigenvalue weighted by Gasteiger charge is -2.22. The highest BCUT2D eigenvalue weighted by Gasteiger charge is 2.24. The molecule has 0 bridgehead atoms. The van der Waals surface area contributed by atoms with Crippen LogP contribution < -0.4 is 5.19 Å². The summed E-state index contributed by atoms with van der Waals surface area (Å²) in [6.07, 6.45) is 0. The zero-order valence-corrected chi connectivity index (χ0v) is 10.7. The van der Waals surface area contributed by atoms with Gasteiger partial charge in [-0.15, -0.1) is 0 Å². The minimum Gasteiger partial charge on any atom is -0.416 e. The fraction of sp³-hybridized carbons (Fsp3) is 0.400. The van der Waals surface area contributed by atoms with E-state index in [0.717, 1.165) is 0 Å². The van der Waals surface area contributed by atoms with Gasteiger partial charge in [-0.05, 0) is 30.8 Å². The highest BCUT2D eigenvalue weighted by Crippen LogP contribution is 2.06. The lowest BCUT2D eigenvalue weighted by Crippen LogP contribution is -2.45. The van der Waals surface area contributed by atoms with Gasteiger partial charge in [-0.2, -0.15) is 0 Å². The Balaban J connectivity index is 0.00000144. The van der Waals surface area contributed by atoms with Gasteiger partial charge in [-0.25, -0.2) is 0 Å². The summed E-state index contributed by atoms with van der Waals surface area (Å²) in [6.45, 7) is 6.58. The molecule has 0 aromatic heterocycles. The van der Waals surface area contributed by atoms with Crippen molar-refractivity contribution in [2.24, 2.45) is 0 Å². The van der Waals surface area contributed by atoms with Crippen LogP contribution in [0.3, 0.4) is 0 Å². The highest BCUT2D eigenvalue weighted by molar-refractivity contribution is 6.84. The highest BCUT2D eigenvalue weighted by atomic mass is 28.4. The van der Waals surface area contributed by atoms with Gasteiger partial charge in [0.2, 0.25) is 8.32 Å². The van der Waals surface area contributed by atoms with Gasteiger partial charge in [0, 0.05) is 18.1 Å². The van der Waals surface area contributed by atoms with Gasteiger partial charge in [0.1, 0.15) is 0 Å². The molecule has 1 aromatic carbocycles. The molecule has 1 aromatic rings. The van der Waals surface area contributed by atoms with E-state index in [9.17, 15) is 0 Å². The van der Waals surface area contributed by atoms with E-state index in [2.05, 4.69) is 44.3 Å². The molecule has 0 saturated heterocycles. The van der Waals surface area contributed by atoms with Crippen molar-refractivity contribution in [2.75, 3.05) is 7.11 Å². The van der Waals surface area contributed by atoms with E-state index < -0.39 is 8.32 Å². The Labute approximate surface area is 86.3 Å². The normalized spacial score (nSPS) is 10.8. The first-order valence-corrected chi connectivity index (χ1v) is 7.10. The van der Waals surface area contributed by atoms with Crippen LogP contribution in [-0.2, 0) is 4.43 Å². The predicted octanol–water partition coefficient (Wildman–Crippen LogP) is 1.67. The fourth-order valence-corrected chi connectivity index (χ4v) is 3.11. The summed E-state index contributed by atoms with van der Waals surface area (Å²) in [5, 5.41) is 1.40. The van der Waals surface area contributed by atoms with Crippen molar-refractivity contribution < 1.29 is 4.43 Å². The van der Waals surface area contributed by atoms with Gasteiger partial charge in [0.15, 0.2) is 0 Å². The largest absolute Gasteiger partial charge is 0.416 e. The molecule has 4 radical (unpaired) electrons. The van der Waals surface area contributed by atoms with Crippen LogP contribution in [0.15, 0.2) is 24.3 Å². The maximum atomic E-state index is 5.54. The molecule has 0 N–H and O–H groups in total. The molecule has 1 nitrogen and oxygen atoms in total. The number of hydrogen-bond donors (Lipinski definition) is 0. The minimum absolute atomic E-state index is 0. The second-order valence-corrected chi connectivity index (χ2v) is 7.50. The van der Waals surface area contributed by atoms with E-state index in [-0.39, 0.29) is 11.0 Å². The summed E-state index contributed by atoms with van der Waals surface area (Å²) in [5.41, 5.74) is 1.34. The Kier molecular flexibility index (Phi) is 4.60. The summed E-state index contributed by atoms with van der Waals surface area (Å²) in [6, 6.07) is 8.46. The van der Waals surface area contributed by atoms with Crippen LogP contribution in [0.25, 0.3) is 0 Å². The first-order chi connectivity index (χ1) is 5.58. The maximum absolute atomic E-state index is 5.54. The van der Waals surface area contributed by atoms with Gasteiger partial charge in [0.25, 0.3) is 0 Å². The van der Waals surface area contributed by atoms with E-state index in [1.54, 1.807) is 7.11 Å². The van der Waals surface area contributed by atoms with Crippen LogP contribution in [0.1, 0.15) is 5.56 Å². The van der Waals surface area contributed by atoms with Gasteiger partial charge >= 0.3 is 0 Å². The zero-order chi connectivity index (χ0) is 9.19. The molecule has 0 aliphatic heterocycles. The molecule has 0 heterocycles. The van der Waals surface area contributed by atoms with E-state index >= 15 is 0 Å². The van der Waals surface area contributed by atoms with E-state index in [4.69, 9.17) is 4.43 Å². The van der Waals surface area contributed by atoms with Gasteiger partial charge < -0.3 is 4.43 Å². The van der Waals surface area contributed by atoms with Crippen LogP contribution in [-0.4, -0.2) is 26.4 Å². The third kappa shape index (κ3) is 2.79. The van der Waals surface area contributed by atoms with Crippen LogP contribution in [0, 0.1) is 6.92 Å².